The zero-order chi connectivity index (χ0) is 35.6. The van der Waals surface area contributed by atoms with Crippen LogP contribution in [0.4, 0.5) is 9.59 Å². The highest BCUT2D eigenvalue weighted by atomic mass is 79.9. The van der Waals surface area contributed by atoms with Gasteiger partial charge in [0, 0.05) is 24.2 Å². The number of halogens is 1. The van der Waals surface area contributed by atoms with E-state index in [1.807, 2.05) is 32.9 Å². The van der Waals surface area contributed by atoms with E-state index in [0.717, 1.165) is 10.9 Å². The summed E-state index contributed by atoms with van der Waals surface area (Å²) in [7, 11) is -2.05. The van der Waals surface area contributed by atoms with Gasteiger partial charge >= 0.3 is 24.1 Å². The topological polar surface area (TPSA) is 174 Å². The molecule has 0 saturated heterocycles. The number of sulfone groups is 1. The van der Waals surface area contributed by atoms with E-state index in [9.17, 15) is 27.6 Å². The molecule has 0 aliphatic carbocycles. The molecule has 0 heterocycles. The third-order valence-corrected chi connectivity index (χ3v) is 7.35. The summed E-state index contributed by atoms with van der Waals surface area (Å²) in [5.74, 6) is -1.14. The summed E-state index contributed by atoms with van der Waals surface area (Å²) in [5, 5.41) is 14.5. The van der Waals surface area contributed by atoms with Gasteiger partial charge < -0.3 is 30.0 Å². The summed E-state index contributed by atoms with van der Waals surface area (Å²) in [4.78, 5) is 44.0. The summed E-state index contributed by atoms with van der Waals surface area (Å²) in [6, 6.07) is 12.8. The molecule has 48 heavy (non-hydrogen) atoms. The molecule has 12 nitrogen and oxygen atoms in total. The van der Waals surface area contributed by atoms with Crippen molar-refractivity contribution in [1.82, 2.24) is 10.6 Å². The number of amides is 2. The molecule has 0 bridgehead atoms. The van der Waals surface area contributed by atoms with Crippen LogP contribution in [0.15, 0.2) is 48.5 Å². The van der Waals surface area contributed by atoms with Crippen molar-refractivity contribution in [3.63, 3.8) is 0 Å². The molecule has 0 saturated carbocycles. The molecule has 3 N–H and O–H groups in total. The van der Waals surface area contributed by atoms with Gasteiger partial charge in [0.1, 0.15) is 11.2 Å². The number of rotatable bonds is 10. The summed E-state index contributed by atoms with van der Waals surface area (Å²) < 4.78 is 38.5. The van der Waals surface area contributed by atoms with Gasteiger partial charge in [0.15, 0.2) is 9.84 Å². The molecule has 2 rings (SSSR count). The lowest BCUT2D eigenvalue weighted by Gasteiger charge is -2.19. The number of carbonyl (C=O) groups excluding carboxylic acids is 3. The fraction of sp³-hybridized carbons (Fsp3) is 0.515. The Bertz CT molecular complexity index is 1350. The predicted octanol–water partition coefficient (Wildman–Crippen LogP) is 6.91. The monoisotopic (exact) mass is 780 g/mol. The van der Waals surface area contributed by atoms with E-state index in [4.69, 9.17) is 14.6 Å². The van der Waals surface area contributed by atoms with E-state index >= 15 is 0 Å². The first kappa shape index (κ1) is 49.1. The smallest absolute Gasteiger partial charge is 0.407 e. The number of hydrogen-bond acceptors (Lipinski definition) is 10. The van der Waals surface area contributed by atoms with Gasteiger partial charge in [-0.2, -0.15) is 12.6 Å². The average molecular weight is 782 g/mol. The fourth-order valence-electron chi connectivity index (χ4n) is 3.02. The summed E-state index contributed by atoms with van der Waals surface area (Å²) in [6.07, 6.45) is -1.03. The van der Waals surface area contributed by atoms with E-state index in [0.29, 0.717) is 23.4 Å². The summed E-state index contributed by atoms with van der Waals surface area (Å²) in [6.45, 7) is 11.2. The third-order valence-electron chi connectivity index (χ3n) is 4.99. The summed E-state index contributed by atoms with van der Waals surface area (Å²) in [5.41, 5.74) is 1.20. The molecule has 2 aromatic rings. The number of thiol groups is 1. The van der Waals surface area contributed by atoms with Gasteiger partial charge in [-0.05, 0) is 76.9 Å². The lowest BCUT2D eigenvalue weighted by molar-refractivity contribution is 0.0519. The standard InChI is InChI=1S/C15H21NO6S.C9H10O2S.C7H14BrNO2.2CH4/c1-15(2,3)22-14(19)16-8-9-23(20,21)10-11-4-6-12(7-5-11)13(17)18;1-11-9(10)8-4-2-7(6-12)3-5-8;1-7(2,3)11-6(10)9-5-4-8;;/h4-7H,8-10H2,1-3H3,(H,16,19)(H,17,18);2-5,12H,6H2,1H3;4-5H2,1-3H3,(H,9,10);2*1H4. The van der Waals surface area contributed by atoms with Crippen molar-refractivity contribution in [2.45, 2.75) is 79.1 Å². The molecule has 0 atom stereocenters. The zero-order valence-corrected chi connectivity index (χ0v) is 30.5. The number of esters is 1. The van der Waals surface area contributed by atoms with Crippen molar-refractivity contribution >= 4 is 62.5 Å². The number of alkyl halides is 1. The number of benzene rings is 2. The van der Waals surface area contributed by atoms with Gasteiger partial charge in [-0.25, -0.2) is 27.6 Å². The van der Waals surface area contributed by atoms with Crippen LogP contribution < -0.4 is 10.6 Å². The highest BCUT2D eigenvalue weighted by Gasteiger charge is 2.18. The van der Waals surface area contributed by atoms with Gasteiger partial charge in [-0.1, -0.05) is 55.0 Å². The number of aromatic carboxylic acids is 1. The molecule has 0 aromatic heterocycles. The Morgan fingerprint density at radius 3 is 1.56 bits per heavy atom. The minimum atomic E-state index is -3.42. The highest BCUT2D eigenvalue weighted by molar-refractivity contribution is 9.09. The number of alkyl carbamates (subject to hydrolysis) is 2. The van der Waals surface area contributed by atoms with Crippen molar-refractivity contribution in [2.24, 2.45) is 0 Å². The zero-order valence-electron chi connectivity index (χ0n) is 27.2. The van der Waals surface area contributed by atoms with Crippen molar-refractivity contribution in [3.05, 3.63) is 70.8 Å². The van der Waals surface area contributed by atoms with Gasteiger partial charge in [0.05, 0.1) is 29.7 Å². The average Bonchev–Trinajstić information content (AvgIpc) is 2.94. The van der Waals surface area contributed by atoms with Crippen molar-refractivity contribution < 1.29 is 46.9 Å². The minimum Gasteiger partial charge on any atom is -0.478 e. The van der Waals surface area contributed by atoms with Crippen LogP contribution in [0.1, 0.15) is 88.2 Å². The van der Waals surface area contributed by atoms with Crippen molar-refractivity contribution in [3.8, 4) is 0 Å². The Labute approximate surface area is 300 Å². The van der Waals surface area contributed by atoms with E-state index in [2.05, 4.69) is 43.9 Å². The second-order valence-corrected chi connectivity index (χ2v) is 14.8. The predicted molar refractivity (Wildman–Crippen MR) is 197 cm³/mol. The maximum atomic E-state index is 12.0. The molecule has 0 radical (unpaired) electrons. The first-order valence-corrected chi connectivity index (χ1v) is 17.6. The SMILES string of the molecule is C.C.CC(C)(C)OC(=O)NCCBr.CC(C)(C)OC(=O)NCCS(=O)(=O)Cc1ccc(C(=O)O)cc1.COC(=O)c1ccc(CS)cc1. The first-order valence-electron chi connectivity index (χ1n) is 14.0. The van der Waals surface area contributed by atoms with Crippen LogP contribution in [-0.2, 0) is 35.6 Å². The van der Waals surface area contributed by atoms with Crippen molar-refractivity contribution in [2.75, 3.05) is 31.3 Å². The number of ether oxygens (including phenoxy) is 3. The lowest BCUT2D eigenvalue weighted by atomic mass is 10.1. The lowest BCUT2D eigenvalue weighted by Crippen LogP contribution is -2.35. The van der Waals surface area contributed by atoms with Crippen LogP contribution in [-0.4, -0.2) is 80.1 Å². The molecule has 0 aliphatic rings. The number of nitrogens with one attached hydrogen (secondary N) is 2. The van der Waals surface area contributed by atoms with Crippen LogP contribution in [0.5, 0.6) is 0 Å². The van der Waals surface area contributed by atoms with Crippen LogP contribution in [0.2, 0.25) is 0 Å². The Morgan fingerprint density at radius 2 is 1.19 bits per heavy atom. The molecule has 0 fully saturated rings. The molecule has 0 unspecified atom stereocenters. The molecule has 0 spiro atoms. The largest absolute Gasteiger partial charge is 0.478 e. The molecular weight excluding hydrogens is 728 g/mol. The maximum absolute atomic E-state index is 12.0. The number of carboxylic acid groups (broad SMARTS) is 1. The van der Waals surface area contributed by atoms with Crippen molar-refractivity contribution in [1.29, 1.82) is 0 Å². The third kappa shape index (κ3) is 24.8. The first-order chi connectivity index (χ1) is 21.2. The Morgan fingerprint density at radius 1 is 0.771 bits per heavy atom. The number of carbonyl (C=O) groups is 4. The minimum absolute atomic E-state index is 0. The number of carboxylic acids is 1. The molecule has 2 amide bonds. The van der Waals surface area contributed by atoms with Crippen LogP contribution >= 0.6 is 28.6 Å². The van der Waals surface area contributed by atoms with Gasteiger partial charge in [0.2, 0.25) is 0 Å². The van der Waals surface area contributed by atoms with E-state index in [1.54, 1.807) is 32.9 Å². The molecule has 15 heteroatoms. The Balaban J connectivity index is -0.000000686. The molecule has 0 aliphatic heterocycles. The van der Waals surface area contributed by atoms with Gasteiger partial charge in [0.25, 0.3) is 0 Å². The highest BCUT2D eigenvalue weighted by Crippen LogP contribution is 2.10. The van der Waals surface area contributed by atoms with E-state index in [1.165, 1.54) is 31.4 Å². The van der Waals surface area contributed by atoms with E-state index in [-0.39, 0.29) is 50.5 Å². The normalized spacial score (nSPS) is 10.5. The molecule has 2 aromatic carbocycles. The maximum Gasteiger partial charge on any atom is 0.407 e. The second-order valence-electron chi connectivity index (χ2n) is 11.5. The summed E-state index contributed by atoms with van der Waals surface area (Å²) >= 11 is 7.29. The quantitative estimate of drug-likeness (QED) is 0.0859. The Kier molecular flexibility index (Phi) is 24.5. The Hall–Kier alpha value is -3.30. The van der Waals surface area contributed by atoms with Gasteiger partial charge in [-0.3, -0.25) is 0 Å². The fourth-order valence-corrected chi connectivity index (χ4v) is 4.69. The van der Waals surface area contributed by atoms with Crippen LogP contribution in [0.3, 0.4) is 0 Å². The van der Waals surface area contributed by atoms with Crippen LogP contribution in [0.25, 0.3) is 0 Å². The van der Waals surface area contributed by atoms with Crippen LogP contribution in [0, 0.1) is 0 Å². The molecular formula is C33H53BrN2O10S2. The number of hydrogen-bond donors (Lipinski definition) is 4. The van der Waals surface area contributed by atoms with E-state index < -0.39 is 33.1 Å². The number of methoxy groups -OCH3 is 1. The van der Waals surface area contributed by atoms with Gasteiger partial charge in [-0.15, -0.1) is 0 Å². The second kappa shape index (κ2) is 23.9. The molecule has 274 valence electrons.